The number of aromatic nitrogens is 1. The third-order valence-electron chi connectivity index (χ3n) is 2.18. The molecule has 1 aromatic heterocycles. The highest BCUT2D eigenvalue weighted by Gasteiger charge is 2.21. The second kappa shape index (κ2) is 4.09. The zero-order valence-electron chi connectivity index (χ0n) is 8.40. The number of nitrogens with zero attached hydrogens (tertiary/aromatic N) is 1. The van der Waals surface area contributed by atoms with Crippen molar-refractivity contribution in [2.45, 2.75) is 6.92 Å². The number of hydrogen-bond acceptors (Lipinski definition) is 3. The molecule has 16 heavy (non-hydrogen) atoms. The summed E-state index contributed by atoms with van der Waals surface area (Å²) in [4.78, 5) is 11.0. The van der Waals surface area contributed by atoms with Gasteiger partial charge in [-0.3, -0.25) is 0 Å². The van der Waals surface area contributed by atoms with Crippen LogP contribution in [-0.4, -0.2) is 16.2 Å². The summed E-state index contributed by atoms with van der Waals surface area (Å²) < 4.78 is 5.21. The number of hydrogen-bond donors (Lipinski definition) is 1. The summed E-state index contributed by atoms with van der Waals surface area (Å²) in [5.74, 6) is -0.803. The molecule has 5 heteroatoms. The van der Waals surface area contributed by atoms with Gasteiger partial charge >= 0.3 is 5.97 Å². The van der Waals surface area contributed by atoms with Gasteiger partial charge in [0, 0.05) is 5.56 Å². The van der Waals surface area contributed by atoms with Gasteiger partial charge in [-0.2, -0.15) is 0 Å². The van der Waals surface area contributed by atoms with Crippen molar-refractivity contribution in [1.82, 2.24) is 5.16 Å². The minimum Gasteiger partial charge on any atom is -0.477 e. The van der Waals surface area contributed by atoms with Gasteiger partial charge in [-0.15, -0.1) is 0 Å². The van der Waals surface area contributed by atoms with Crippen LogP contribution in [0.5, 0.6) is 0 Å². The Morgan fingerprint density at radius 1 is 1.38 bits per heavy atom. The number of halogens is 1. The Balaban J connectivity index is 2.56. The first kappa shape index (κ1) is 10.9. The van der Waals surface area contributed by atoms with Crippen LogP contribution < -0.4 is 0 Å². The van der Waals surface area contributed by atoms with Crippen molar-refractivity contribution in [2.75, 3.05) is 0 Å². The Bertz CT molecular complexity index is 531. The van der Waals surface area contributed by atoms with Crippen LogP contribution >= 0.6 is 15.9 Å². The van der Waals surface area contributed by atoms with E-state index in [2.05, 4.69) is 21.1 Å². The van der Waals surface area contributed by atoms with E-state index in [1.54, 1.807) is 12.1 Å². The minimum atomic E-state index is -1.07. The number of carboxylic acid groups (broad SMARTS) is 1. The number of carboxylic acids is 1. The third-order valence-corrected chi connectivity index (χ3v) is 2.72. The summed E-state index contributed by atoms with van der Waals surface area (Å²) >= 11 is 3.04. The molecular formula is C11H8BrNO3. The second-order valence-corrected chi connectivity index (χ2v) is 4.10. The molecule has 1 aromatic carbocycles. The van der Waals surface area contributed by atoms with E-state index in [4.69, 9.17) is 9.63 Å². The molecule has 1 N–H and O–H groups in total. The fourth-order valence-corrected chi connectivity index (χ4v) is 1.78. The van der Waals surface area contributed by atoms with Crippen LogP contribution in [0.4, 0.5) is 0 Å². The van der Waals surface area contributed by atoms with Crippen LogP contribution in [-0.2, 0) is 0 Å². The van der Waals surface area contributed by atoms with E-state index in [-0.39, 0.29) is 15.9 Å². The molecule has 0 saturated heterocycles. The van der Waals surface area contributed by atoms with Crippen molar-refractivity contribution in [3.05, 3.63) is 40.0 Å². The Morgan fingerprint density at radius 2 is 2.00 bits per heavy atom. The van der Waals surface area contributed by atoms with Crippen LogP contribution in [0, 0.1) is 6.92 Å². The first-order valence-corrected chi connectivity index (χ1v) is 5.34. The third kappa shape index (κ3) is 1.86. The lowest BCUT2D eigenvalue weighted by Crippen LogP contribution is -1.97. The van der Waals surface area contributed by atoms with E-state index in [1.165, 1.54) is 0 Å². The minimum absolute atomic E-state index is 0.0452. The van der Waals surface area contributed by atoms with E-state index < -0.39 is 5.97 Å². The van der Waals surface area contributed by atoms with E-state index in [1.807, 2.05) is 19.1 Å². The van der Waals surface area contributed by atoms with Crippen LogP contribution in [0.15, 0.2) is 33.4 Å². The fourth-order valence-electron chi connectivity index (χ4n) is 1.36. The van der Waals surface area contributed by atoms with Crippen molar-refractivity contribution in [3.63, 3.8) is 0 Å². The largest absolute Gasteiger partial charge is 0.477 e. The number of aryl methyl sites for hydroxylation is 1. The summed E-state index contributed by atoms with van der Waals surface area (Å²) in [5.41, 5.74) is 1.84. The van der Waals surface area contributed by atoms with Crippen LogP contribution in [0.25, 0.3) is 11.3 Å². The lowest BCUT2D eigenvalue weighted by atomic mass is 10.1. The number of carbonyl (C=O) groups is 1. The maximum Gasteiger partial charge on any atom is 0.342 e. The molecule has 0 amide bonds. The van der Waals surface area contributed by atoms with E-state index >= 15 is 0 Å². The average molecular weight is 282 g/mol. The molecule has 0 saturated carbocycles. The molecule has 1 heterocycles. The predicted molar refractivity (Wildman–Crippen MR) is 61.3 cm³/mol. The van der Waals surface area contributed by atoms with Crippen molar-refractivity contribution < 1.29 is 14.4 Å². The zero-order chi connectivity index (χ0) is 11.7. The Labute approximate surface area is 100 Å². The van der Waals surface area contributed by atoms with Gasteiger partial charge < -0.3 is 9.63 Å². The fraction of sp³-hybridized carbons (Fsp3) is 0.0909. The molecular weight excluding hydrogens is 274 g/mol. The van der Waals surface area contributed by atoms with Gasteiger partial charge in [-0.25, -0.2) is 4.79 Å². The molecule has 82 valence electrons. The molecule has 2 aromatic rings. The van der Waals surface area contributed by atoms with Gasteiger partial charge in [0.1, 0.15) is 5.56 Å². The van der Waals surface area contributed by atoms with Gasteiger partial charge in [0.2, 0.25) is 0 Å². The maximum absolute atomic E-state index is 11.0. The summed E-state index contributed by atoms with van der Waals surface area (Å²) in [6, 6.07) is 7.37. The Hall–Kier alpha value is -1.62. The topological polar surface area (TPSA) is 63.3 Å². The smallest absolute Gasteiger partial charge is 0.342 e. The highest BCUT2D eigenvalue weighted by molar-refractivity contribution is 9.10. The number of rotatable bonds is 2. The summed E-state index contributed by atoms with van der Waals surface area (Å²) in [6.07, 6.45) is 0. The number of aromatic carboxylic acids is 1. The monoisotopic (exact) mass is 281 g/mol. The molecule has 0 spiro atoms. The van der Waals surface area contributed by atoms with Crippen LogP contribution in [0.2, 0.25) is 0 Å². The van der Waals surface area contributed by atoms with Crippen LogP contribution in [0.1, 0.15) is 15.9 Å². The first-order chi connectivity index (χ1) is 7.59. The molecule has 4 nitrogen and oxygen atoms in total. The Kier molecular flexibility index (Phi) is 2.78. The van der Waals surface area contributed by atoms with E-state index in [0.29, 0.717) is 5.56 Å². The molecule has 0 atom stereocenters. The van der Waals surface area contributed by atoms with E-state index in [9.17, 15) is 4.79 Å². The molecule has 0 unspecified atom stereocenters. The summed E-state index contributed by atoms with van der Waals surface area (Å²) in [5, 5.41) is 12.6. The summed E-state index contributed by atoms with van der Waals surface area (Å²) in [7, 11) is 0. The second-order valence-electron chi connectivity index (χ2n) is 3.35. The lowest BCUT2D eigenvalue weighted by Gasteiger charge is -1.98. The highest BCUT2D eigenvalue weighted by atomic mass is 79.9. The molecule has 0 aliphatic rings. The van der Waals surface area contributed by atoms with Gasteiger partial charge in [0.15, 0.2) is 10.4 Å². The molecule has 0 aliphatic carbocycles. The molecule has 0 bridgehead atoms. The SMILES string of the molecule is Cc1ccc(-c2onc(Br)c2C(=O)O)cc1. The van der Waals surface area contributed by atoms with Crippen molar-refractivity contribution in [1.29, 1.82) is 0 Å². The van der Waals surface area contributed by atoms with Gasteiger partial charge in [-0.1, -0.05) is 35.0 Å². The molecule has 0 aliphatic heterocycles. The normalized spacial score (nSPS) is 10.4. The lowest BCUT2D eigenvalue weighted by molar-refractivity contribution is 0.0696. The van der Waals surface area contributed by atoms with Crippen molar-refractivity contribution in [2.24, 2.45) is 0 Å². The highest BCUT2D eigenvalue weighted by Crippen LogP contribution is 2.29. The number of benzene rings is 1. The van der Waals surface area contributed by atoms with Crippen LogP contribution in [0.3, 0.4) is 0 Å². The van der Waals surface area contributed by atoms with Gasteiger partial charge in [-0.05, 0) is 22.9 Å². The summed E-state index contributed by atoms with van der Waals surface area (Å²) in [6.45, 7) is 1.96. The van der Waals surface area contributed by atoms with Crippen molar-refractivity contribution >= 4 is 21.9 Å². The molecule has 2 rings (SSSR count). The maximum atomic E-state index is 11.0. The standard InChI is InChI=1S/C11H8BrNO3/c1-6-2-4-7(5-3-6)9-8(11(14)15)10(12)13-16-9/h2-5H,1H3,(H,14,15). The van der Waals surface area contributed by atoms with Gasteiger partial charge in [0.05, 0.1) is 0 Å². The van der Waals surface area contributed by atoms with E-state index in [0.717, 1.165) is 5.56 Å². The quantitative estimate of drug-likeness (QED) is 0.919. The Morgan fingerprint density at radius 3 is 2.56 bits per heavy atom. The van der Waals surface area contributed by atoms with Crippen molar-refractivity contribution in [3.8, 4) is 11.3 Å². The van der Waals surface area contributed by atoms with Gasteiger partial charge in [0.25, 0.3) is 0 Å². The average Bonchev–Trinajstić information content (AvgIpc) is 2.61. The predicted octanol–water partition coefficient (Wildman–Crippen LogP) is 3.11. The zero-order valence-corrected chi connectivity index (χ0v) is 9.98. The molecule has 0 radical (unpaired) electrons. The first-order valence-electron chi connectivity index (χ1n) is 4.55. The molecule has 0 fully saturated rings.